The van der Waals surface area contributed by atoms with E-state index in [4.69, 9.17) is 10.2 Å². The summed E-state index contributed by atoms with van der Waals surface area (Å²) in [5.74, 6) is 0. The maximum Gasteiger partial charge on any atom is 0.0927 e. The molecule has 0 N–H and O–H groups in total. The summed E-state index contributed by atoms with van der Waals surface area (Å²) < 4.78 is 3.97. The zero-order valence-electron chi connectivity index (χ0n) is 31.7. The van der Waals surface area contributed by atoms with Crippen LogP contribution in [-0.4, -0.2) is 25.0 Å². The van der Waals surface area contributed by atoms with Crippen molar-refractivity contribution in [1.29, 1.82) is 0 Å². The van der Waals surface area contributed by atoms with Gasteiger partial charge in [0.15, 0.2) is 0 Å². The Morgan fingerprint density at radius 1 is 0.500 bits per heavy atom. The van der Waals surface area contributed by atoms with Crippen LogP contribution in [0.1, 0.15) is 11.1 Å². The summed E-state index contributed by atoms with van der Waals surface area (Å²) in [6, 6.07) is 55.5. The summed E-state index contributed by atoms with van der Waals surface area (Å²) in [6.07, 6.45) is 4.20. The van der Waals surface area contributed by atoms with Gasteiger partial charge in [0, 0.05) is 34.5 Å². The number of hydrogen-bond acceptors (Lipinski definition) is 2. The molecule has 276 valence electrons. The largest absolute Gasteiger partial charge is 1.00 e. The number of nitrogens with zero attached hydrogens (tertiary/aromatic N) is 4. The summed E-state index contributed by atoms with van der Waals surface area (Å²) in [6.45, 7) is 8.92. The van der Waals surface area contributed by atoms with E-state index in [1.807, 2.05) is 33.6 Å². The normalized spacial score (nSPS) is 10.7. The van der Waals surface area contributed by atoms with E-state index in [2.05, 4.69) is 173 Å². The molecule has 4 nitrogen and oxygen atoms in total. The van der Waals surface area contributed by atoms with Gasteiger partial charge in [0.1, 0.15) is 0 Å². The average molecular weight is 863 g/mol. The number of benzene rings is 6. The standard InChI is InChI=1S/2C23H17N2.C2H6Si.2ClH.Zr/c2*1-16-11-19-13-20(25-15-18-9-5-6-10-23(18)24-25)14-22(21(19)12-16)17-7-3-2-4-8-17;1-3-2;;;/h2*2-15H,1H3;1-2H3;2*1H;/q2*-1;;;;+2/p-2. The molecular formula is C48H40Cl2N4SiZr-2. The number of aryl methyl sites for hydroxylation is 2. The molecule has 8 aromatic carbocycles. The molecule has 10 aromatic rings. The van der Waals surface area contributed by atoms with E-state index in [1.165, 1.54) is 54.9 Å². The zero-order valence-corrected chi connectivity index (χ0v) is 36.7. The number of rotatable bonds is 4. The second-order valence-electron chi connectivity index (χ2n) is 14.1. The van der Waals surface area contributed by atoms with E-state index >= 15 is 0 Å². The van der Waals surface area contributed by atoms with Gasteiger partial charge in [-0.2, -0.15) is 22.3 Å². The maximum atomic E-state index is 4.75. The first-order valence-corrected chi connectivity index (χ1v) is 24.4. The van der Waals surface area contributed by atoms with Crippen molar-refractivity contribution in [2.75, 3.05) is 0 Å². The van der Waals surface area contributed by atoms with Crippen molar-refractivity contribution in [1.82, 2.24) is 19.6 Å². The van der Waals surface area contributed by atoms with Crippen molar-refractivity contribution in [3.8, 4) is 33.6 Å². The minimum atomic E-state index is 0. The molecule has 2 heterocycles. The molecule has 0 aliphatic carbocycles. The Morgan fingerprint density at radius 2 is 0.857 bits per heavy atom. The van der Waals surface area contributed by atoms with Crippen LogP contribution in [0.3, 0.4) is 0 Å². The van der Waals surface area contributed by atoms with Crippen molar-refractivity contribution >= 4 is 48.8 Å². The van der Waals surface area contributed by atoms with Crippen LogP contribution < -0.4 is 24.8 Å². The van der Waals surface area contributed by atoms with Gasteiger partial charge < -0.3 is 24.8 Å². The van der Waals surface area contributed by atoms with Crippen LogP contribution >= 0.6 is 0 Å². The molecule has 0 unspecified atom stereocenters. The molecule has 10 rings (SSSR count). The topological polar surface area (TPSA) is 35.6 Å². The molecule has 2 aromatic heterocycles. The van der Waals surface area contributed by atoms with Crippen molar-refractivity contribution in [2.45, 2.75) is 26.9 Å². The summed E-state index contributed by atoms with van der Waals surface area (Å²) in [5.41, 5.74) is 12.0. The first-order valence-electron chi connectivity index (χ1n) is 18.2. The van der Waals surface area contributed by atoms with Gasteiger partial charge in [-0.15, -0.1) is 56.9 Å². The van der Waals surface area contributed by atoms with Gasteiger partial charge in [-0.1, -0.05) is 122 Å². The Balaban J connectivity index is 0.000000168. The monoisotopic (exact) mass is 860 g/mol. The van der Waals surface area contributed by atoms with E-state index in [0.717, 1.165) is 33.2 Å². The van der Waals surface area contributed by atoms with E-state index in [9.17, 15) is 0 Å². The van der Waals surface area contributed by atoms with Crippen LogP contribution in [0.4, 0.5) is 0 Å². The van der Waals surface area contributed by atoms with Crippen LogP contribution in [0.25, 0.3) is 77.0 Å². The molecule has 56 heavy (non-hydrogen) atoms. The predicted octanol–water partition coefficient (Wildman–Crippen LogP) is 6.54. The van der Waals surface area contributed by atoms with Crippen LogP contribution in [-0.2, 0) is 23.3 Å². The SMILES string of the molecule is C[Si](C)=[Zr+2].Cc1cc2c(-c3ccccc3)cc(-n3cc4ccccc4n3)cc2[cH-]1.Cc1cc2c(-c3ccccc3)cc(-n3cc4ccccc4n3)cc2[cH-]1.[Cl-].[Cl-]. The minimum Gasteiger partial charge on any atom is -1.00 e. The summed E-state index contributed by atoms with van der Waals surface area (Å²) >= 11 is 1.74. The van der Waals surface area contributed by atoms with Crippen molar-refractivity contribution < 1.29 is 48.1 Å². The van der Waals surface area contributed by atoms with Gasteiger partial charge in [-0.05, 0) is 35.4 Å². The Kier molecular flexibility index (Phi) is 13.1. The number of aromatic nitrogens is 4. The molecule has 0 aliphatic rings. The third-order valence-electron chi connectivity index (χ3n) is 9.43. The van der Waals surface area contributed by atoms with E-state index in [1.54, 1.807) is 23.3 Å². The molecule has 0 spiro atoms. The Morgan fingerprint density at radius 3 is 1.23 bits per heavy atom. The van der Waals surface area contributed by atoms with Crippen LogP contribution in [0.5, 0.6) is 0 Å². The predicted molar refractivity (Wildman–Crippen MR) is 226 cm³/mol. The molecule has 8 heteroatoms. The van der Waals surface area contributed by atoms with Crippen LogP contribution in [0.15, 0.2) is 170 Å². The van der Waals surface area contributed by atoms with E-state index < -0.39 is 0 Å². The summed E-state index contributed by atoms with van der Waals surface area (Å²) in [4.78, 5) is 0. The Hall–Kier alpha value is -4.84. The van der Waals surface area contributed by atoms with E-state index in [0.29, 0.717) is 0 Å². The van der Waals surface area contributed by atoms with Gasteiger partial charge in [0.25, 0.3) is 0 Å². The average Bonchev–Trinajstić information content (AvgIpc) is 3.98. The van der Waals surface area contributed by atoms with Gasteiger partial charge >= 0.3 is 41.9 Å². The molecule has 0 radical (unpaired) electrons. The fourth-order valence-electron chi connectivity index (χ4n) is 7.08. The minimum absolute atomic E-state index is 0. The third kappa shape index (κ3) is 8.90. The van der Waals surface area contributed by atoms with Crippen molar-refractivity contribution in [3.63, 3.8) is 0 Å². The zero-order chi connectivity index (χ0) is 37.2. The number of fused-ring (bicyclic) bond motifs is 4. The maximum absolute atomic E-state index is 4.75. The molecule has 0 bridgehead atoms. The fourth-order valence-corrected chi connectivity index (χ4v) is 7.08. The van der Waals surface area contributed by atoms with Gasteiger partial charge in [0.2, 0.25) is 0 Å². The first-order chi connectivity index (χ1) is 26.3. The summed E-state index contributed by atoms with van der Waals surface area (Å²) in [5, 5.41) is 16.9. The number of hydrogen-bond donors (Lipinski definition) is 0. The molecule has 0 amide bonds. The Bertz CT molecular complexity index is 2640. The number of halogens is 2. The van der Waals surface area contributed by atoms with Crippen LogP contribution in [0.2, 0.25) is 13.1 Å². The smallest absolute Gasteiger partial charge is 0.0927 e. The van der Waals surface area contributed by atoms with Gasteiger partial charge in [-0.3, -0.25) is 0 Å². The quantitative estimate of drug-likeness (QED) is 0.149. The van der Waals surface area contributed by atoms with Gasteiger partial charge in [-0.25, -0.2) is 9.36 Å². The molecule has 0 atom stereocenters. The summed E-state index contributed by atoms with van der Waals surface area (Å²) in [7, 11) is 0. The molecule has 0 fully saturated rings. The van der Waals surface area contributed by atoms with Crippen molar-refractivity contribution in [3.05, 3.63) is 181 Å². The first kappa shape index (κ1) is 40.8. The third-order valence-corrected chi connectivity index (χ3v) is 9.43. The second kappa shape index (κ2) is 18.0. The fraction of sp³-hybridized carbons (Fsp3) is 0.0833. The molecule has 0 saturated heterocycles. The molecular weight excluding hydrogens is 823 g/mol. The molecule has 0 saturated carbocycles. The molecule has 0 aliphatic heterocycles. The van der Waals surface area contributed by atoms with Crippen molar-refractivity contribution in [2.24, 2.45) is 0 Å². The van der Waals surface area contributed by atoms with Gasteiger partial charge in [0.05, 0.1) is 11.0 Å². The van der Waals surface area contributed by atoms with E-state index in [-0.39, 0.29) is 30.2 Å². The second-order valence-corrected chi connectivity index (χ2v) is 23.4. The Labute approximate surface area is 355 Å². The van der Waals surface area contributed by atoms with Crippen LogP contribution in [0, 0.1) is 13.8 Å².